The second-order valence-electron chi connectivity index (χ2n) is 4.60. The van der Waals surface area contributed by atoms with Gasteiger partial charge < -0.3 is 5.32 Å². The lowest BCUT2D eigenvalue weighted by Gasteiger charge is -2.31. The fourth-order valence-corrected chi connectivity index (χ4v) is 4.01. The van der Waals surface area contributed by atoms with E-state index >= 15 is 0 Å². The molecule has 0 saturated heterocycles. The van der Waals surface area contributed by atoms with Crippen LogP contribution in [0.15, 0.2) is 23.1 Å². The Morgan fingerprint density at radius 2 is 2.29 bits per heavy atom. The molecule has 0 radical (unpaired) electrons. The summed E-state index contributed by atoms with van der Waals surface area (Å²) < 4.78 is 12.1. The lowest BCUT2D eigenvalue weighted by atomic mass is 9.95. The maximum atomic E-state index is 12.1. The molecule has 0 amide bonds. The Labute approximate surface area is 110 Å². The molecule has 17 heavy (non-hydrogen) atoms. The van der Waals surface area contributed by atoms with E-state index < -0.39 is 10.8 Å². The van der Waals surface area contributed by atoms with Gasteiger partial charge in [0.2, 0.25) is 0 Å². The molecule has 1 heterocycles. The van der Waals surface area contributed by atoms with Crippen molar-refractivity contribution < 1.29 is 4.21 Å². The molecule has 1 aliphatic heterocycles. The van der Waals surface area contributed by atoms with Crippen molar-refractivity contribution >= 4 is 22.4 Å². The summed E-state index contributed by atoms with van der Waals surface area (Å²) in [5.74, 6) is 1.11. The SMILES string of the molecule is CCCNC1c2cc(Cl)ccc2S(=O)CC1C. The summed E-state index contributed by atoms with van der Waals surface area (Å²) in [5.41, 5.74) is 1.11. The van der Waals surface area contributed by atoms with E-state index in [1.807, 2.05) is 18.2 Å². The molecular weight excluding hydrogens is 254 g/mol. The van der Waals surface area contributed by atoms with Gasteiger partial charge in [0, 0.05) is 21.7 Å². The van der Waals surface area contributed by atoms with Crippen molar-refractivity contribution in [2.75, 3.05) is 12.3 Å². The van der Waals surface area contributed by atoms with Crippen LogP contribution in [0.1, 0.15) is 31.9 Å². The second kappa shape index (κ2) is 5.51. The van der Waals surface area contributed by atoms with Gasteiger partial charge in [0.25, 0.3) is 0 Å². The molecule has 3 atom stereocenters. The lowest BCUT2D eigenvalue weighted by Crippen LogP contribution is -2.34. The van der Waals surface area contributed by atoms with E-state index in [4.69, 9.17) is 11.6 Å². The first-order valence-corrected chi connectivity index (χ1v) is 7.74. The Morgan fingerprint density at radius 1 is 1.53 bits per heavy atom. The number of rotatable bonds is 3. The first kappa shape index (κ1) is 13.1. The van der Waals surface area contributed by atoms with E-state index in [2.05, 4.69) is 19.2 Å². The molecule has 0 saturated carbocycles. The number of hydrogen-bond acceptors (Lipinski definition) is 2. The van der Waals surface area contributed by atoms with Crippen LogP contribution < -0.4 is 5.32 Å². The average molecular weight is 272 g/mol. The van der Waals surface area contributed by atoms with Crippen molar-refractivity contribution in [3.05, 3.63) is 28.8 Å². The topological polar surface area (TPSA) is 29.1 Å². The van der Waals surface area contributed by atoms with E-state index in [0.717, 1.165) is 34.2 Å². The van der Waals surface area contributed by atoms with E-state index in [9.17, 15) is 4.21 Å². The van der Waals surface area contributed by atoms with E-state index in [1.165, 1.54) is 0 Å². The van der Waals surface area contributed by atoms with Crippen LogP contribution in [0.2, 0.25) is 5.02 Å². The van der Waals surface area contributed by atoms with Gasteiger partial charge in [-0.15, -0.1) is 0 Å². The standard InChI is InChI=1S/C13H18ClNOS/c1-3-6-15-13-9(2)8-17(16)12-5-4-10(14)7-11(12)13/h4-5,7,9,13,15H,3,6,8H2,1-2H3. The zero-order valence-corrected chi connectivity index (χ0v) is 11.8. The van der Waals surface area contributed by atoms with E-state index in [0.29, 0.717) is 5.92 Å². The molecule has 4 heteroatoms. The fraction of sp³-hybridized carbons (Fsp3) is 0.538. The summed E-state index contributed by atoms with van der Waals surface area (Å²) in [5, 5.41) is 4.25. The van der Waals surface area contributed by atoms with Crippen LogP contribution in [-0.2, 0) is 10.8 Å². The van der Waals surface area contributed by atoms with Gasteiger partial charge in [-0.2, -0.15) is 0 Å². The molecule has 2 nitrogen and oxygen atoms in total. The molecule has 0 spiro atoms. The zero-order valence-electron chi connectivity index (χ0n) is 10.2. The molecule has 1 aromatic rings. The van der Waals surface area contributed by atoms with Crippen molar-refractivity contribution in [3.63, 3.8) is 0 Å². The van der Waals surface area contributed by atoms with Crippen molar-refractivity contribution in [1.29, 1.82) is 0 Å². The molecule has 0 bridgehead atoms. The Balaban J connectivity index is 2.37. The highest BCUT2D eigenvalue weighted by Crippen LogP contribution is 2.35. The normalized spacial score (nSPS) is 27.8. The third-order valence-corrected chi connectivity index (χ3v) is 5.08. The predicted octanol–water partition coefficient (Wildman–Crippen LogP) is 3.14. The average Bonchev–Trinajstić information content (AvgIpc) is 2.28. The third-order valence-electron chi connectivity index (χ3n) is 3.15. The minimum Gasteiger partial charge on any atom is -0.310 e. The summed E-state index contributed by atoms with van der Waals surface area (Å²) >= 11 is 6.04. The largest absolute Gasteiger partial charge is 0.310 e. The Bertz CT molecular complexity index is 435. The quantitative estimate of drug-likeness (QED) is 0.915. The molecule has 2 rings (SSSR count). The van der Waals surface area contributed by atoms with Crippen molar-refractivity contribution in [3.8, 4) is 0 Å². The van der Waals surface area contributed by atoms with Crippen LogP contribution in [-0.4, -0.2) is 16.5 Å². The Hall–Kier alpha value is -0.380. The van der Waals surface area contributed by atoms with E-state index in [1.54, 1.807) is 0 Å². The van der Waals surface area contributed by atoms with Crippen LogP contribution >= 0.6 is 11.6 Å². The second-order valence-corrected chi connectivity index (χ2v) is 6.50. The fourth-order valence-electron chi connectivity index (χ4n) is 2.31. The minimum atomic E-state index is -0.878. The van der Waals surface area contributed by atoms with Crippen LogP contribution in [0.3, 0.4) is 0 Å². The smallest absolute Gasteiger partial charge is 0.0536 e. The van der Waals surface area contributed by atoms with Crippen molar-refractivity contribution in [2.24, 2.45) is 5.92 Å². The zero-order chi connectivity index (χ0) is 12.4. The molecular formula is C13H18ClNOS. The number of nitrogens with one attached hydrogen (secondary N) is 1. The van der Waals surface area contributed by atoms with Gasteiger partial charge in [-0.3, -0.25) is 4.21 Å². The lowest BCUT2D eigenvalue weighted by molar-refractivity contribution is 0.403. The highest BCUT2D eigenvalue weighted by Gasteiger charge is 2.30. The van der Waals surface area contributed by atoms with Gasteiger partial charge in [-0.25, -0.2) is 0 Å². The maximum absolute atomic E-state index is 12.1. The van der Waals surface area contributed by atoms with Crippen molar-refractivity contribution in [1.82, 2.24) is 5.32 Å². The molecule has 1 aromatic carbocycles. The van der Waals surface area contributed by atoms with Gasteiger partial charge in [-0.1, -0.05) is 25.4 Å². The molecule has 3 unspecified atom stereocenters. The third kappa shape index (κ3) is 2.72. The maximum Gasteiger partial charge on any atom is 0.0536 e. The molecule has 0 fully saturated rings. The number of fused-ring (bicyclic) bond motifs is 1. The van der Waals surface area contributed by atoms with Crippen LogP contribution in [0.5, 0.6) is 0 Å². The van der Waals surface area contributed by atoms with E-state index in [-0.39, 0.29) is 6.04 Å². The number of halogens is 1. The van der Waals surface area contributed by atoms with Gasteiger partial charge in [-0.05, 0) is 42.6 Å². The monoisotopic (exact) mass is 271 g/mol. The number of benzene rings is 1. The first-order chi connectivity index (χ1) is 8.13. The molecule has 1 aliphatic rings. The van der Waals surface area contributed by atoms with Gasteiger partial charge in [0.15, 0.2) is 0 Å². The number of hydrogen-bond donors (Lipinski definition) is 1. The molecule has 0 aromatic heterocycles. The summed E-state index contributed by atoms with van der Waals surface area (Å²) in [4.78, 5) is 0.945. The predicted molar refractivity (Wildman–Crippen MR) is 72.9 cm³/mol. The first-order valence-electron chi connectivity index (χ1n) is 6.04. The minimum absolute atomic E-state index is 0.279. The van der Waals surface area contributed by atoms with Gasteiger partial charge >= 0.3 is 0 Å². The molecule has 0 aliphatic carbocycles. The summed E-state index contributed by atoms with van der Waals surface area (Å²) in [6.45, 7) is 5.28. The summed E-state index contributed by atoms with van der Waals surface area (Å²) in [7, 11) is -0.878. The highest BCUT2D eigenvalue weighted by molar-refractivity contribution is 7.85. The molecule has 1 N–H and O–H groups in total. The summed E-state index contributed by atoms with van der Waals surface area (Å²) in [6, 6.07) is 5.96. The highest BCUT2D eigenvalue weighted by atomic mass is 35.5. The van der Waals surface area contributed by atoms with Gasteiger partial charge in [0.05, 0.1) is 10.8 Å². The summed E-state index contributed by atoms with van der Waals surface area (Å²) in [6.07, 6.45) is 1.10. The Kier molecular flexibility index (Phi) is 4.23. The van der Waals surface area contributed by atoms with Crippen LogP contribution in [0.4, 0.5) is 0 Å². The molecule has 94 valence electrons. The van der Waals surface area contributed by atoms with Crippen LogP contribution in [0.25, 0.3) is 0 Å². The van der Waals surface area contributed by atoms with Crippen molar-refractivity contribution in [2.45, 2.75) is 31.2 Å². The van der Waals surface area contributed by atoms with Gasteiger partial charge in [0.1, 0.15) is 0 Å². The Morgan fingerprint density at radius 3 is 3.00 bits per heavy atom. The van der Waals surface area contributed by atoms with Crippen LogP contribution in [0, 0.1) is 5.92 Å².